The first kappa shape index (κ1) is 15.2. The van der Waals surface area contributed by atoms with Gasteiger partial charge in [-0.2, -0.15) is 0 Å². The number of fused-ring (bicyclic) bond motifs is 1. The lowest BCUT2D eigenvalue weighted by Crippen LogP contribution is -2.32. The number of nitrogens with one attached hydrogen (secondary N) is 1. The molecule has 1 aliphatic rings. The van der Waals surface area contributed by atoms with E-state index in [0.717, 1.165) is 19.4 Å². The summed E-state index contributed by atoms with van der Waals surface area (Å²) in [6.45, 7) is 10.1. The molecule has 2 aromatic heterocycles. The minimum Gasteiger partial charge on any atom is -0.309 e. The van der Waals surface area contributed by atoms with Crippen molar-refractivity contribution in [2.45, 2.75) is 53.0 Å². The second-order valence-electron chi connectivity index (χ2n) is 6.60. The van der Waals surface area contributed by atoms with E-state index in [1.807, 2.05) is 22.7 Å². The molecular formula is C17H24N2S2. The highest BCUT2D eigenvalue weighted by Crippen LogP contribution is 2.45. The van der Waals surface area contributed by atoms with Crippen LogP contribution in [0, 0.1) is 5.41 Å². The molecule has 114 valence electrons. The van der Waals surface area contributed by atoms with Gasteiger partial charge in [0.15, 0.2) is 0 Å². The Bertz CT molecular complexity index is 625. The quantitative estimate of drug-likeness (QED) is 0.852. The maximum atomic E-state index is 4.99. The van der Waals surface area contributed by atoms with Crippen LogP contribution < -0.4 is 5.32 Å². The number of thiazole rings is 1. The molecule has 1 aliphatic carbocycles. The highest BCUT2D eigenvalue weighted by Gasteiger charge is 2.34. The molecule has 1 N–H and O–H groups in total. The van der Waals surface area contributed by atoms with Gasteiger partial charge in [-0.05, 0) is 43.4 Å². The van der Waals surface area contributed by atoms with Crippen LogP contribution in [0.1, 0.15) is 55.6 Å². The van der Waals surface area contributed by atoms with E-state index in [2.05, 4.69) is 45.1 Å². The third-order valence-electron chi connectivity index (χ3n) is 4.12. The van der Waals surface area contributed by atoms with Crippen LogP contribution in [-0.2, 0) is 12.8 Å². The number of hydrogen-bond acceptors (Lipinski definition) is 4. The van der Waals surface area contributed by atoms with E-state index in [1.54, 1.807) is 0 Å². The topological polar surface area (TPSA) is 24.9 Å². The molecule has 0 saturated carbocycles. The molecule has 0 spiro atoms. The predicted molar refractivity (Wildman–Crippen MR) is 93.3 cm³/mol. The Balaban J connectivity index is 1.97. The lowest BCUT2D eigenvalue weighted by Gasteiger charge is -2.34. The fraction of sp³-hybridized carbons (Fsp3) is 0.588. The molecule has 1 atom stereocenters. The number of aryl methyl sites for hydroxylation is 1. The Hall–Kier alpha value is -0.710. The van der Waals surface area contributed by atoms with Crippen molar-refractivity contribution in [1.82, 2.24) is 10.3 Å². The lowest BCUT2D eigenvalue weighted by molar-refractivity contribution is 0.260. The van der Waals surface area contributed by atoms with E-state index in [-0.39, 0.29) is 0 Å². The van der Waals surface area contributed by atoms with Crippen molar-refractivity contribution in [1.29, 1.82) is 0 Å². The molecule has 0 fully saturated rings. The Kier molecular flexibility index (Phi) is 4.21. The lowest BCUT2D eigenvalue weighted by atomic mass is 9.76. The number of rotatable bonds is 4. The highest BCUT2D eigenvalue weighted by atomic mass is 32.1. The van der Waals surface area contributed by atoms with Crippen LogP contribution in [0.5, 0.6) is 0 Å². The van der Waals surface area contributed by atoms with Gasteiger partial charge in [0.25, 0.3) is 0 Å². The zero-order valence-electron chi connectivity index (χ0n) is 13.3. The standard InChI is InChI=1S/C17H24N2S2/c1-5-11-7-8-14(20-11)16-19-13-10-17(3,4)9-12(18-6-2)15(13)21-16/h7-8,12,18H,5-6,9-10H2,1-4H3. The number of nitrogens with zero attached hydrogens (tertiary/aromatic N) is 1. The van der Waals surface area contributed by atoms with Crippen molar-refractivity contribution in [3.05, 3.63) is 27.6 Å². The Labute approximate surface area is 135 Å². The predicted octanol–water partition coefficient (Wildman–Crippen LogP) is 5.06. The van der Waals surface area contributed by atoms with Crippen molar-refractivity contribution >= 4 is 22.7 Å². The third-order valence-corrected chi connectivity index (χ3v) is 6.73. The molecule has 2 nitrogen and oxygen atoms in total. The Morgan fingerprint density at radius 1 is 1.29 bits per heavy atom. The van der Waals surface area contributed by atoms with Crippen LogP contribution in [0.25, 0.3) is 9.88 Å². The minimum absolute atomic E-state index is 0.342. The molecule has 21 heavy (non-hydrogen) atoms. The average Bonchev–Trinajstić information content (AvgIpc) is 3.03. The van der Waals surface area contributed by atoms with Crippen LogP contribution in [0.15, 0.2) is 12.1 Å². The SMILES string of the molecule is CCNC1CC(C)(C)Cc2nc(-c3ccc(CC)s3)sc21. The maximum absolute atomic E-state index is 4.99. The summed E-state index contributed by atoms with van der Waals surface area (Å²) in [5, 5.41) is 4.86. The molecule has 4 heteroatoms. The molecule has 0 bridgehead atoms. The number of thiophene rings is 1. The monoisotopic (exact) mass is 320 g/mol. The molecule has 2 heterocycles. The second-order valence-corrected chi connectivity index (χ2v) is 8.80. The van der Waals surface area contributed by atoms with Gasteiger partial charge >= 0.3 is 0 Å². The summed E-state index contributed by atoms with van der Waals surface area (Å²) in [5.41, 5.74) is 1.67. The average molecular weight is 321 g/mol. The van der Waals surface area contributed by atoms with Crippen LogP contribution in [0.3, 0.4) is 0 Å². The summed E-state index contributed by atoms with van der Waals surface area (Å²) < 4.78 is 0. The Morgan fingerprint density at radius 2 is 2.10 bits per heavy atom. The van der Waals surface area contributed by atoms with E-state index in [9.17, 15) is 0 Å². The molecular weight excluding hydrogens is 296 g/mol. The van der Waals surface area contributed by atoms with E-state index >= 15 is 0 Å². The van der Waals surface area contributed by atoms with Gasteiger partial charge in [-0.1, -0.05) is 27.7 Å². The van der Waals surface area contributed by atoms with Crippen LogP contribution in [0.2, 0.25) is 0 Å². The fourth-order valence-electron chi connectivity index (χ4n) is 3.13. The van der Waals surface area contributed by atoms with Gasteiger partial charge in [-0.3, -0.25) is 0 Å². The molecule has 0 amide bonds. The summed E-state index contributed by atoms with van der Waals surface area (Å²) >= 11 is 3.79. The van der Waals surface area contributed by atoms with Crippen molar-refractivity contribution in [2.24, 2.45) is 5.41 Å². The van der Waals surface area contributed by atoms with E-state index in [4.69, 9.17) is 4.98 Å². The van der Waals surface area contributed by atoms with Crippen LogP contribution in [-0.4, -0.2) is 11.5 Å². The van der Waals surface area contributed by atoms with Gasteiger partial charge in [-0.15, -0.1) is 22.7 Å². The smallest absolute Gasteiger partial charge is 0.133 e. The van der Waals surface area contributed by atoms with Crippen molar-refractivity contribution in [3.63, 3.8) is 0 Å². The second kappa shape index (κ2) is 5.82. The van der Waals surface area contributed by atoms with Crippen molar-refractivity contribution in [2.75, 3.05) is 6.54 Å². The first-order chi connectivity index (χ1) is 10.0. The van der Waals surface area contributed by atoms with E-state index < -0.39 is 0 Å². The van der Waals surface area contributed by atoms with E-state index in [1.165, 1.54) is 31.8 Å². The first-order valence-corrected chi connectivity index (χ1v) is 9.47. The number of hydrogen-bond donors (Lipinski definition) is 1. The maximum Gasteiger partial charge on any atom is 0.133 e. The van der Waals surface area contributed by atoms with Crippen LogP contribution in [0.4, 0.5) is 0 Å². The van der Waals surface area contributed by atoms with Gasteiger partial charge in [0.1, 0.15) is 5.01 Å². The molecule has 3 rings (SSSR count). The minimum atomic E-state index is 0.342. The number of aromatic nitrogens is 1. The normalized spacial score (nSPS) is 20.5. The van der Waals surface area contributed by atoms with Gasteiger partial charge in [0.2, 0.25) is 0 Å². The van der Waals surface area contributed by atoms with Gasteiger partial charge in [0, 0.05) is 15.8 Å². The summed E-state index contributed by atoms with van der Waals surface area (Å²) in [6.07, 6.45) is 3.43. The highest BCUT2D eigenvalue weighted by molar-refractivity contribution is 7.21. The fourth-order valence-corrected chi connectivity index (χ4v) is 5.29. The summed E-state index contributed by atoms with van der Waals surface area (Å²) in [7, 11) is 0. The zero-order valence-corrected chi connectivity index (χ0v) is 15.0. The molecule has 0 aromatic carbocycles. The first-order valence-electron chi connectivity index (χ1n) is 7.84. The van der Waals surface area contributed by atoms with Crippen LogP contribution >= 0.6 is 22.7 Å². The summed E-state index contributed by atoms with van der Waals surface area (Å²) in [4.78, 5) is 9.23. The van der Waals surface area contributed by atoms with Crippen molar-refractivity contribution < 1.29 is 0 Å². The van der Waals surface area contributed by atoms with Gasteiger partial charge in [-0.25, -0.2) is 4.98 Å². The molecule has 0 saturated heterocycles. The largest absolute Gasteiger partial charge is 0.309 e. The van der Waals surface area contributed by atoms with Crippen molar-refractivity contribution in [3.8, 4) is 9.88 Å². The zero-order chi connectivity index (χ0) is 15.0. The van der Waals surface area contributed by atoms with Gasteiger partial charge < -0.3 is 5.32 Å². The summed E-state index contributed by atoms with van der Waals surface area (Å²) in [6, 6.07) is 4.96. The molecule has 0 aliphatic heterocycles. The third kappa shape index (κ3) is 3.08. The summed E-state index contributed by atoms with van der Waals surface area (Å²) in [5.74, 6) is 0. The molecule has 2 aromatic rings. The van der Waals surface area contributed by atoms with Gasteiger partial charge in [0.05, 0.1) is 10.6 Å². The Morgan fingerprint density at radius 3 is 2.76 bits per heavy atom. The van der Waals surface area contributed by atoms with E-state index in [0.29, 0.717) is 11.5 Å². The molecule has 1 unspecified atom stereocenters. The molecule has 0 radical (unpaired) electrons.